The van der Waals surface area contributed by atoms with Gasteiger partial charge in [-0.15, -0.1) is 0 Å². The van der Waals surface area contributed by atoms with Crippen LogP contribution < -0.4 is 4.74 Å². The van der Waals surface area contributed by atoms with Crippen LogP contribution in [0, 0.1) is 6.92 Å². The molecule has 0 unspecified atom stereocenters. The molecule has 98 valence electrons. The van der Waals surface area contributed by atoms with Crippen LogP contribution in [0.5, 0.6) is 5.88 Å². The largest absolute Gasteiger partial charge is 0.466 e. The van der Waals surface area contributed by atoms with Crippen molar-refractivity contribution in [1.82, 2.24) is 15.0 Å². The molecular weight excluding hydrogens is 246 g/mol. The number of pyridine rings is 1. The van der Waals surface area contributed by atoms with Gasteiger partial charge in [-0.1, -0.05) is 0 Å². The molecule has 2 rings (SSSR count). The zero-order valence-corrected chi connectivity index (χ0v) is 10.7. The Kier molecular flexibility index (Phi) is 4.02. The van der Waals surface area contributed by atoms with Gasteiger partial charge in [-0.3, -0.25) is 4.98 Å². The number of hydrogen-bond acceptors (Lipinski definition) is 6. The lowest BCUT2D eigenvalue weighted by Crippen LogP contribution is -2.13. The summed E-state index contributed by atoms with van der Waals surface area (Å²) in [6, 6.07) is 5.27. The summed E-state index contributed by atoms with van der Waals surface area (Å²) in [5.74, 6) is 0.411. The first-order valence-corrected chi connectivity index (χ1v) is 5.65. The summed E-state index contributed by atoms with van der Waals surface area (Å²) in [4.78, 5) is 23.5. The number of esters is 1. The number of hydrogen-bond donors (Lipinski definition) is 0. The second-order valence-corrected chi connectivity index (χ2v) is 3.77. The third-order valence-electron chi connectivity index (χ3n) is 2.33. The summed E-state index contributed by atoms with van der Waals surface area (Å²) < 4.78 is 9.76. The third-order valence-corrected chi connectivity index (χ3v) is 2.33. The van der Waals surface area contributed by atoms with Crippen molar-refractivity contribution < 1.29 is 14.3 Å². The van der Waals surface area contributed by atoms with Crippen LogP contribution in [0.3, 0.4) is 0 Å². The van der Waals surface area contributed by atoms with Gasteiger partial charge in [-0.05, 0) is 19.1 Å². The summed E-state index contributed by atoms with van der Waals surface area (Å²) in [7, 11) is 1.30. The van der Waals surface area contributed by atoms with Crippen LogP contribution in [-0.2, 0) is 9.53 Å². The first kappa shape index (κ1) is 12.9. The summed E-state index contributed by atoms with van der Waals surface area (Å²) in [5.41, 5.74) is 1.59. The van der Waals surface area contributed by atoms with Crippen LogP contribution in [0.15, 0.2) is 30.6 Å². The smallest absolute Gasteiger partial charge is 0.343 e. The number of carbonyl (C=O) groups excluding carboxylic acids is 1. The molecule has 0 atom stereocenters. The molecule has 6 nitrogen and oxygen atoms in total. The molecule has 2 aromatic rings. The fourth-order valence-electron chi connectivity index (χ4n) is 1.44. The Morgan fingerprint density at radius 2 is 2.00 bits per heavy atom. The second kappa shape index (κ2) is 5.90. The number of aryl methyl sites for hydroxylation is 1. The summed E-state index contributed by atoms with van der Waals surface area (Å²) in [6.07, 6.45) is 3.33. The van der Waals surface area contributed by atoms with Gasteiger partial charge in [0.2, 0.25) is 5.88 Å². The van der Waals surface area contributed by atoms with E-state index in [4.69, 9.17) is 4.74 Å². The average molecular weight is 259 g/mol. The minimum absolute atomic E-state index is 0.178. The summed E-state index contributed by atoms with van der Waals surface area (Å²) in [5, 5.41) is 0. The minimum atomic E-state index is -0.457. The Morgan fingerprint density at radius 3 is 2.68 bits per heavy atom. The fraction of sp³-hybridized carbons (Fsp3) is 0.231. The van der Waals surface area contributed by atoms with E-state index in [0.717, 1.165) is 11.3 Å². The third kappa shape index (κ3) is 3.48. The molecule has 0 bridgehead atoms. The van der Waals surface area contributed by atoms with Gasteiger partial charge in [-0.25, -0.2) is 9.78 Å². The van der Waals surface area contributed by atoms with Crippen LogP contribution in [-0.4, -0.2) is 34.6 Å². The van der Waals surface area contributed by atoms with Gasteiger partial charge in [0.25, 0.3) is 0 Å². The Hall–Kier alpha value is -2.50. The van der Waals surface area contributed by atoms with E-state index in [1.807, 2.05) is 6.92 Å². The number of ether oxygens (including phenoxy) is 2. The predicted octanol–water partition coefficient (Wildman–Crippen LogP) is 1.40. The first-order chi connectivity index (χ1) is 9.19. The van der Waals surface area contributed by atoms with Gasteiger partial charge in [-0.2, -0.15) is 4.98 Å². The molecule has 0 N–H and O–H groups in total. The zero-order valence-electron chi connectivity index (χ0n) is 10.7. The molecule has 0 aromatic carbocycles. The van der Waals surface area contributed by atoms with Gasteiger partial charge in [0.15, 0.2) is 12.4 Å². The SMILES string of the molecule is COC(=O)COc1cc(C)nc(-c2ccncc2)n1. The van der Waals surface area contributed by atoms with Crippen molar-refractivity contribution in [2.75, 3.05) is 13.7 Å². The van der Waals surface area contributed by atoms with Crippen molar-refractivity contribution in [2.45, 2.75) is 6.92 Å². The predicted molar refractivity (Wildman–Crippen MR) is 67.5 cm³/mol. The maximum atomic E-state index is 11.0. The lowest BCUT2D eigenvalue weighted by Gasteiger charge is -2.07. The highest BCUT2D eigenvalue weighted by Gasteiger charge is 2.07. The summed E-state index contributed by atoms with van der Waals surface area (Å²) >= 11 is 0. The monoisotopic (exact) mass is 259 g/mol. The van der Waals surface area contributed by atoms with Crippen LogP contribution in [0.25, 0.3) is 11.4 Å². The molecule has 0 aliphatic rings. The van der Waals surface area contributed by atoms with E-state index < -0.39 is 5.97 Å². The van der Waals surface area contributed by atoms with Crippen LogP contribution in [0.1, 0.15) is 5.69 Å². The topological polar surface area (TPSA) is 74.2 Å². The molecule has 0 spiro atoms. The number of carbonyl (C=O) groups is 1. The molecule has 2 heterocycles. The molecule has 0 amide bonds. The zero-order chi connectivity index (χ0) is 13.7. The highest BCUT2D eigenvalue weighted by molar-refractivity contribution is 5.70. The van der Waals surface area contributed by atoms with Gasteiger partial charge in [0.05, 0.1) is 7.11 Å². The van der Waals surface area contributed by atoms with Gasteiger partial charge < -0.3 is 9.47 Å². The van der Waals surface area contributed by atoms with Crippen molar-refractivity contribution in [3.8, 4) is 17.3 Å². The summed E-state index contributed by atoms with van der Waals surface area (Å²) in [6.45, 7) is 1.65. The van der Waals surface area contributed by atoms with Crippen LogP contribution >= 0.6 is 0 Å². The Bertz CT molecular complexity index is 573. The number of nitrogens with zero attached hydrogens (tertiary/aromatic N) is 3. The van der Waals surface area contributed by atoms with E-state index in [9.17, 15) is 4.79 Å². The van der Waals surface area contributed by atoms with Crippen molar-refractivity contribution in [3.05, 3.63) is 36.3 Å². The van der Waals surface area contributed by atoms with Gasteiger partial charge in [0.1, 0.15) is 0 Å². The standard InChI is InChI=1S/C13H13N3O3/c1-9-7-11(19-8-12(17)18-2)16-13(15-9)10-3-5-14-6-4-10/h3-7H,8H2,1-2H3. The molecule has 2 aromatic heterocycles. The highest BCUT2D eigenvalue weighted by atomic mass is 16.6. The quantitative estimate of drug-likeness (QED) is 0.773. The minimum Gasteiger partial charge on any atom is -0.466 e. The molecule has 0 aliphatic carbocycles. The number of aromatic nitrogens is 3. The molecule has 0 fully saturated rings. The molecular formula is C13H13N3O3. The van der Waals surface area contributed by atoms with Crippen molar-refractivity contribution >= 4 is 5.97 Å². The first-order valence-electron chi connectivity index (χ1n) is 5.65. The van der Waals surface area contributed by atoms with E-state index in [2.05, 4.69) is 19.7 Å². The molecule has 0 saturated carbocycles. The lowest BCUT2D eigenvalue weighted by molar-refractivity contribution is -0.143. The number of methoxy groups -OCH3 is 1. The van der Waals surface area contributed by atoms with E-state index in [1.54, 1.807) is 30.6 Å². The Labute approximate surface area is 110 Å². The van der Waals surface area contributed by atoms with E-state index in [-0.39, 0.29) is 6.61 Å². The van der Waals surface area contributed by atoms with Crippen molar-refractivity contribution in [1.29, 1.82) is 0 Å². The molecule has 19 heavy (non-hydrogen) atoms. The maximum absolute atomic E-state index is 11.0. The fourth-order valence-corrected chi connectivity index (χ4v) is 1.44. The second-order valence-electron chi connectivity index (χ2n) is 3.77. The normalized spacial score (nSPS) is 10.0. The van der Waals surface area contributed by atoms with Crippen molar-refractivity contribution in [3.63, 3.8) is 0 Å². The Balaban J connectivity index is 2.22. The average Bonchev–Trinajstić information content (AvgIpc) is 2.45. The van der Waals surface area contributed by atoms with E-state index in [1.165, 1.54) is 7.11 Å². The van der Waals surface area contributed by atoms with Crippen molar-refractivity contribution in [2.24, 2.45) is 0 Å². The van der Waals surface area contributed by atoms with Crippen LogP contribution in [0.2, 0.25) is 0 Å². The molecule has 0 saturated heterocycles. The molecule has 6 heteroatoms. The molecule has 0 radical (unpaired) electrons. The highest BCUT2D eigenvalue weighted by Crippen LogP contribution is 2.18. The molecule has 0 aliphatic heterocycles. The maximum Gasteiger partial charge on any atom is 0.343 e. The van der Waals surface area contributed by atoms with Crippen LogP contribution in [0.4, 0.5) is 0 Å². The van der Waals surface area contributed by atoms with Gasteiger partial charge >= 0.3 is 5.97 Å². The van der Waals surface area contributed by atoms with Gasteiger partial charge in [0, 0.05) is 29.7 Å². The lowest BCUT2D eigenvalue weighted by atomic mass is 10.2. The van der Waals surface area contributed by atoms with E-state index in [0.29, 0.717) is 11.7 Å². The van der Waals surface area contributed by atoms with E-state index >= 15 is 0 Å². The number of rotatable bonds is 4. The Morgan fingerprint density at radius 1 is 1.26 bits per heavy atom.